The Bertz CT molecular complexity index is 504. The van der Waals surface area contributed by atoms with Crippen molar-refractivity contribution in [3.05, 3.63) is 0 Å². The van der Waals surface area contributed by atoms with Gasteiger partial charge in [-0.25, -0.2) is 0 Å². The number of methoxy groups -OCH3 is 1. The van der Waals surface area contributed by atoms with Crippen LogP contribution >= 0.6 is 0 Å². The van der Waals surface area contributed by atoms with Crippen LogP contribution in [0.3, 0.4) is 0 Å². The number of hydrogen-bond acceptors (Lipinski definition) is 3. The fraction of sp³-hybridized carbons (Fsp3) is 1.00. The zero-order valence-electron chi connectivity index (χ0n) is 16.7. The lowest BCUT2D eigenvalue weighted by Crippen LogP contribution is -2.56. The van der Waals surface area contributed by atoms with E-state index >= 15 is 0 Å². The molecule has 0 bridgehead atoms. The van der Waals surface area contributed by atoms with E-state index in [1.54, 1.807) is 7.11 Å². The van der Waals surface area contributed by atoms with Crippen LogP contribution in [0.4, 0.5) is 0 Å². The van der Waals surface area contributed by atoms with Crippen molar-refractivity contribution < 1.29 is 14.6 Å². The summed E-state index contributed by atoms with van der Waals surface area (Å²) in [5, 5.41) is 11.0. The summed E-state index contributed by atoms with van der Waals surface area (Å²) in [5.41, 5.74) is 0.188. The van der Waals surface area contributed by atoms with Crippen molar-refractivity contribution in [3.8, 4) is 0 Å². The largest absolute Gasteiger partial charge is 0.390 e. The number of fused-ring (bicyclic) bond motifs is 5. The van der Waals surface area contributed by atoms with E-state index in [4.69, 9.17) is 9.47 Å². The first-order valence-electron chi connectivity index (χ1n) is 10.6. The van der Waals surface area contributed by atoms with Crippen LogP contribution in [-0.2, 0) is 9.47 Å². The van der Waals surface area contributed by atoms with Crippen molar-refractivity contribution in [2.75, 3.05) is 13.9 Å². The number of hydrogen-bond donors (Lipinski definition) is 1. The second-order valence-corrected chi connectivity index (χ2v) is 10.4. The molecule has 4 aliphatic carbocycles. The van der Waals surface area contributed by atoms with Crippen molar-refractivity contribution >= 4 is 0 Å². The van der Waals surface area contributed by atoms with E-state index in [2.05, 4.69) is 20.8 Å². The summed E-state index contributed by atoms with van der Waals surface area (Å²) in [7, 11) is 1.72. The first-order valence-corrected chi connectivity index (χ1v) is 10.6. The van der Waals surface area contributed by atoms with Gasteiger partial charge in [-0.2, -0.15) is 0 Å². The third-order valence-corrected chi connectivity index (χ3v) is 9.60. The number of aliphatic hydroxyl groups is 1. The van der Waals surface area contributed by atoms with Gasteiger partial charge in [0, 0.05) is 7.11 Å². The van der Waals surface area contributed by atoms with E-state index in [1.165, 1.54) is 51.4 Å². The Morgan fingerprint density at radius 3 is 2.44 bits per heavy atom. The van der Waals surface area contributed by atoms with Gasteiger partial charge >= 0.3 is 0 Å². The molecule has 3 nitrogen and oxygen atoms in total. The first-order chi connectivity index (χ1) is 11.8. The lowest BCUT2D eigenvalue weighted by molar-refractivity contribution is -0.166. The zero-order chi connectivity index (χ0) is 17.9. The Hall–Kier alpha value is -0.120. The van der Waals surface area contributed by atoms with Crippen LogP contribution in [0.1, 0.15) is 78.6 Å². The fourth-order valence-corrected chi connectivity index (χ4v) is 7.78. The van der Waals surface area contributed by atoms with Gasteiger partial charge in [0.15, 0.2) is 0 Å². The molecule has 0 saturated heterocycles. The minimum atomic E-state index is -0.452. The minimum Gasteiger partial charge on any atom is -0.390 e. The lowest BCUT2D eigenvalue weighted by Gasteiger charge is -2.61. The average molecular weight is 351 g/mol. The molecule has 0 radical (unpaired) electrons. The van der Waals surface area contributed by atoms with Crippen LogP contribution in [0.15, 0.2) is 0 Å². The highest BCUT2D eigenvalue weighted by Crippen LogP contribution is 2.68. The highest BCUT2D eigenvalue weighted by Gasteiger charge is 2.63. The molecule has 1 N–H and O–H groups in total. The molecule has 4 saturated carbocycles. The summed E-state index contributed by atoms with van der Waals surface area (Å²) in [4.78, 5) is 0. The van der Waals surface area contributed by atoms with Gasteiger partial charge in [0.2, 0.25) is 0 Å². The lowest BCUT2D eigenvalue weighted by atomic mass is 9.44. The Balaban J connectivity index is 1.52. The molecular weight excluding hydrogens is 312 g/mol. The molecule has 0 aromatic heterocycles. The van der Waals surface area contributed by atoms with Gasteiger partial charge in [0.1, 0.15) is 6.79 Å². The SMILES string of the molecule is COCOC1CC[C@@]2(C)C(CC[C@@H]3[C@H]2CC[C@@]2(C)[C@H]3CCC2(C)O)C1. The van der Waals surface area contributed by atoms with Crippen LogP contribution < -0.4 is 0 Å². The van der Waals surface area contributed by atoms with E-state index in [-0.39, 0.29) is 5.41 Å². The predicted molar refractivity (Wildman–Crippen MR) is 99.1 cm³/mol. The molecule has 4 fully saturated rings. The van der Waals surface area contributed by atoms with Crippen LogP contribution in [0.5, 0.6) is 0 Å². The topological polar surface area (TPSA) is 38.7 Å². The van der Waals surface area contributed by atoms with Gasteiger partial charge in [-0.3, -0.25) is 0 Å². The van der Waals surface area contributed by atoms with Crippen LogP contribution in [0, 0.1) is 34.5 Å². The molecule has 4 aliphatic rings. The number of rotatable bonds is 3. The highest BCUT2D eigenvalue weighted by molar-refractivity contribution is 5.12. The molecule has 0 spiro atoms. The molecule has 25 heavy (non-hydrogen) atoms. The quantitative estimate of drug-likeness (QED) is 0.745. The van der Waals surface area contributed by atoms with E-state index in [9.17, 15) is 5.11 Å². The zero-order valence-corrected chi connectivity index (χ0v) is 16.7. The molecular formula is C22H38O3. The Kier molecular flexibility index (Phi) is 4.53. The van der Waals surface area contributed by atoms with Crippen molar-refractivity contribution in [2.24, 2.45) is 34.5 Å². The normalized spacial score (nSPS) is 55.3. The maximum absolute atomic E-state index is 11.0. The van der Waals surface area contributed by atoms with E-state index < -0.39 is 5.60 Å². The van der Waals surface area contributed by atoms with Gasteiger partial charge in [-0.05, 0) is 99.2 Å². The van der Waals surface area contributed by atoms with Gasteiger partial charge in [-0.1, -0.05) is 13.8 Å². The molecule has 0 heterocycles. The summed E-state index contributed by atoms with van der Waals surface area (Å²) in [6, 6.07) is 0. The molecule has 144 valence electrons. The monoisotopic (exact) mass is 350 g/mol. The second kappa shape index (κ2) is 6.21. The highest BCUT2D eigenvalue weighted by atomic mass is 16.7. The smallest absolute Gasteiger partial charge is 0.146 e. The van der Waals surface area contributed by atoms with Crippen LogP contribution in [0.2, 0.25) is 0 Å². The Morgan fingerprint density at radius 2 is 1.68 bits per heavy atom. The fourth-order valence-electron chi connectivity index (χ4n) is 7.78. The van der Waals surface area contributed by atoms with E-state index in [0.717, 1.165) is 30.1 Å². The summed E-state index contributed by atoms with van der Waals surface area (Å²) in [6.07, 6.45) is 11.7. The number of ether oxygens (including phenoxy) is 2. The summed E-state index contributed by atoms with van der Waals surface area (Å²) < 4.78 is 11.0. The Morgan fingerprint density at radius 1 is 0.920 bits per heavy atom. The van der Waals surface area contributed by atoms with Crippen molar-refractivity contribution in [2.45, 2.75) is 90.3 Å². The molecule has 4 rings (SSSR count). The Labute approximate surface area is 153 Å². The van der Waals surface area contributed by atoms with Crippen molar-refractivity contribution in [3.63, 3.8) is 0 Å². The molecule has 0 aromatic rings. The van der Waals surface area contributed by atoms with Gasteiger partial charge in [0.25, 0.3) is 0 Å². The molecule has 8 atom stereocenters. The molecule has 0 aromatic carbocycles. The molecule has 0 amide bonds. The summed E-state index contributed by atoms with van der Waals surface area (Å²) in [5.74, 6) is 3.25. The van der Waals surface area contributed by atoms with Crippen LogP contribution in [-0.4, -0.2) is 30.7 Å². The second-order valence-electron chi connectivity index (χ2n) is 10.4. The third-order valence-electron chi connectivity index (χ3n) is 9.60. The van der Waals surface area contributed by atoms with Crippen molar-refractivity contribution in [1.82, 2.24) is 0 Å². The van der Waals surface area contributed by atoms with E-state index in [0.29, 0.717) is 18.3 Å². The van der Waals surface area contributed by atoms with Gasteiger partial charge in [-0.15, -0.1) is 0 Å². The predicted octanol–water partition coefficient (Wildman–Crippen LogP) is 4.77. The molecule has 0 aliphatic heterocycles. The standard InChI is InChI=1S/C22H38O3/c1-20-10-7-16(25-14-24-4)13-15(20)5-6-17-18(20)8-11-21(2)19(17)9-12-22(21,3)23/h15-19,23H,5-14H2,1-4H3/t15?,16?,17-,18-,19+,20+,21+,22?/m1/s1. The third kappa shape index (κ3) is 2.63. The molecule has 3 unspecified atom stereocenters. The van der Waals surface area contributed by atoms with Gasteiger partial charge < -0.3 is 14.6 Å². The van der Waals surface area contributed by atoms with Gasteiger partial charge in [0.05, 0.1) is 11.7 Å². The maximum Gasteiger partial charge on any atom is 0.146 e. The maximum atomic E-state index is 11.0. The summed E-state index contributed by atoms with van der Waals surface area (Å²) in [6.45, 7) is 7.54. The molecule has 3 heteroatoms. The van der Waals surface area contributed by atoms with E-state index in [1.807, 2.05) is 0 Å². The van der Waals surface area contributed by atoms with Crippen LogP contribution in [0.25, 0.3) is 0 Å². The minimum absolute atomic E-state index is 0.149. The van der Waals surface area contributed by atoms with Crippen molar-refractivity contribution in [1.29, 1.82) is 0 Å². The first kappa shape index (κ1) is 18.3. The summed E-state index contributed by atoms with van der Waals surface area (Å²) >= 11 is 0. The average Bonchev–Trinajstić information content (AvgIpc) is 2.82.